The molecule has 1 aliphatic carbocycles. The number of nitrogens with one attached hydrogen (secondary N) is 1. The molecule has 1 aliphatic heterocycles. The van der Waals surface area contributed by atoms with Crippen LogP contribution in [0, 0.1) is 5.92 Å². The average Bonchev–Trinajstić information content (AvgIpc) is 3.45. The Morgan fingerprint density at radius 2 is 1.88 bits per heavy atom. The fourth-order valence-electron chi connectivity index (χ4n) is 6.12. The van der Waals surface area contributed by atoms with Gasteiger partial charge in [-0.15, -0.1) is 0 Å². The number of aromatic nitrogens is 3. The summed E-state index contributed by atoms with van der Waals surface area (Å²) in [6.07, 6.45) is 3.76. The largest absolute Gasteiger partial charge is 0.382 e. The predicted octanol–water partition coefficient (Wildman–Crippen LogP) is 4.79. The monoisotopic (exact) mass is 550 g/mol. The van der Waals surface area contributed by atoms with Crippen molar-refractivity contribution in [2.45, 2.75) is 38.8 Å². The Balaban J connectivity index is 1.31. The molecule has 1 amide bonds. The van der Waals surface area contributed by atoms with Crippen LogP contribution in [-0.2, 0) is 24.9 Å². The number of ether oxygens (including phenoxy) is 1. The van der Waals surface area contributed by atoms with Crippen LogP contribution in [0.3, 0.4) is 0 Å². The maximum atomic E-state index is 13.5. The second-order valence-corrected chi connectivity index (χ2v) is 10.8. The van der Waals surface area contributed by atoms with Crippen molar-refractivity contribution in [2.24, 2.45) is 23.7 Å². The van der Waals surface area contributed by atoms with Crippen LogP contribution in [0.4, 0.5) is 5.69 Å². The summed E-state index contributed by atoms with van der Waals surface area (Å²) in [5.74, 6) is 1.16. The summed E-state index contributed by atoms with van der Waals surface area (Å²) in [4.78, 5) is 31.3. The Hall–Kier alpha value is -4.63. The number of para-hydroxylation sites is 1. The molecule has 2 aliphatic rings. The van der Waals surface area contributed by atoms with E-state index in [9.17, 15) is 9.59 Å². The molecule has 0 bridgehead atoms. The summed E-state index contributed by atoms with van der Waals surface area (Å²) in [6.45, 7) is 7.14. The lowest BCUT2D eigenvalue weighted by atomic mass is 9.74. The van der Waals surface area contributed by atoms with Gasteiger partial charge in [-0.25, -0.2) is 9.67 Å². The van der Waals surface area contributed by atoms with Crippen LogP contribution < -0.4 is 16.6 Å². The summed E-state index contributed by atoms with van der Waals surface area (Å²) in [5.41, 5.74) is 12.0. The molecule has 1 saturated carbocycles. The van der Waals surface area contributed by atoms with Gasteiger partial charge in [0.25, 0.3) is 11.5 Å². The predicted molar refractivity (Wildman–Crippen MR) is 161 cm³/mol. The first kappa shape index (κ1) is 26.6. The Morgan fingerprint density at radius 1 is 1.15 bits per heavy atom. The van der Waals surface area contributed by atoms with Crippen molar-refractivity contribution < 1.29 is 9.53 Å². The molecule has 9 heteroatoms. The molecule has 210 valence electrons. The Labute approximate surface area is 238 Å². The lowest BCUT2D eigenvalue weighted by Crippen LogP contribution is -2.26. The number of rotatable bonds is 7. The molecular formula is C32H34N6O3. The zero-order chi connectivity index (χ0) is 28.7. The van der Waals surface area contributed by atoms with Gasteiger partial charge in [-0.2, -0.15) is 0 Å². The van der Waals surface area contributed by atoms with E-state index >= 15 is 0 Å². The van der Waals surface area contributed by atoms with Crippen molar-refractivity contribution in [3.63, 3.8) is 0 Å². The van der Waals surface area contributed by atoms with Crippen molar-refractivity contribution >= 4 is 17.4 Å². The second-order valence-electron chi connectivity index (χ2n) is 10.8. The number of hydrogen-bond acceptors (Lipinski definition) is 4. The van der Waals surface area contributed by atoms with E-state index < -0.39 is 5.91 Å². The third kappa shape index (κ3) is 4.72. The van der Waals surface area contributed by atoms with Gasteiger partial charge in [0, 0.05) is 30.2 Å². The second kappa shape index (κ2) is 10.7. The van der Waals surface area contributed by atoms with E-state index in [1.807, 2.05) is 66.3 Å². The minimum Gasteiger partial charge on any atom is -0.382 e. The molecule has 2 aromatic carbocycles. The van der Waals surface area contributed by atoms with Crippen LogP contribution in [0.25, 0.3) is 16.8 Å². The number of anilines is 1. The van der Waals surface area contributed by atoms with Crippen molar-refractivity contribution in [3.8, 4) is 16.8 Å². The van der Waals surface area contributed by atoms with Gasteiger partial charge in [0.05, 0.1) is 36.8 Å². The zero-order valence-corrected chi connectivity index (χ0v) is 23.3. The summed E-state index contributed by atoms with van der Waals surface area (Å²) < 4.78 is 11.2. The smallest absolute Gasteiger partial charge is 0.284 e. The first-order valence-corrected chi connectivity index (χ1v) is 13.9. The molecule has 4 aromatic rings. The summed E-state index contributed by atoms with van der Waals surface area (Å²) in [6, 6.07) is 19.1. The number of nitrogens with two attached hydrogens (primary N) is 1. The van der Waals surface area contributed by atoms with Crippen LogP contribution in [0.1, 0.15) is 53.1 Å². The van der Waals surface area contributed by atoms with Crippen LogP contribution in [0.5, 0.6) is 0 Å². The number of benzene rings is 2. The number of hydrogen-bond donors (Lipinski definition) is 2. The van der Waals surface area contributed by atoms with Gasteiger partial charge in [-0.3, -0.25) is 14.3 Å². The van der Waals surface area contributed by atoms with E-state index in [-0.39, 0.29) is 17.7 Å². The van der Waals surface area contributed by atoms with Gasteiger partial charge in [0.2, 0.25) is 0 Å². The molecule has 3 heterocycles. The number of amidine groups is 1. The summed E-state index contributed by atoms with van der Waals surface area (Å²) in [7, 11) is 2.03. The van der Waals surface area contributed by atoms with Crippen LogP contribution >= 0.6 is 0 Å². The number of amides is 1. The number of aliphatic imine (C=N–C) groups is 1. The van der Waals surface area contributed by atoms with Crippen LogP contribution in [0.2, 0.25) is 0 Å². The summed E-state index contributed by atoms with van der Waals surface area (Å²) >= 11 is 0. The number of nitrogens with zero attached hydrogens (tertiary/aromatic N) is 4. The van der Waals surface area contributed by atoms with Gasteiger partial charge in [0.15, 0.2) is 0 Å². The van der Waals surface area contributed by atoms with E-state index in [1.54, 1.807) is 4.68 Å². The Morgan fingerprint density at radius 3 is 2.56 bits per heavy atom. The standard InChI is InChI=1S/C32H34N6O3/c1-4-34-30(33)29-25(18-26(36(29)3)22-16-20(2)17-22)21-10-12-23(13-11-21)35-31(39)28-27-19-41-15-14-37(27)38(32(28)40)24-8-6-5-7-9-24/h4-13,18,20,22H,1,14-17,19H2,2-3H3,(H2,33,34)(H,35,39). The number of carbonyl (C=O) groups excluding carboxylic acids is 1. The van der Waals surface area contributed by atoms with Gasteiger partial charge in [-0.1, -0.05) is 43.8 Å². The maximum absolute atomic E-state index is 13.5. The van der Waals surface area contributed by atoms with Crippen molar-refractivity contribution in [3.05, 3.63) is 106 Å². The quantitative estimate of drug-likeness (QED) is 0.255. The fourth-order valence-corrected chi connectivity index (χ4v) is 6.12. The van der Waals surface area contributed by atoms with Crippen molar-refractivity contribution in [2.75, 3.05) is 11.9 Å². The average molecular weight is 551 g/mol. The van der Waals surface area contributed by atoms with Gasteiger partial charge >= 0.3 is 0 Å². The Kier molecular flexibility index (Phi) is 6.96. The minimum absolute atomic E-state index is 0.0933. The van der Waals surface area contributed by atoms with E-state index in [2.05, 4.69) is 34.4 Å². The molecule has 1 fully saturated rings. The van der Waals surface area contributed by atoms with Crippen molar-refractivity contribution in [1.29, 1.82) is 0 Å². The molecular weight excluding hydrogens is 516 g/mol. The highest BCUT2D eigenvalue weighted by atomic mass is 16.5. The SMILES string of the molecule is C=C/N=C(/N)c1c(-c2ccc(NC(=O)c3c4n(n(-c5ccccc5)c3=O)CCOC4)cc2)cc(C2CC(C)C2)n1C. The van der Waals surface area contributed by atoms with Crippen molar-refractivity contribution in [1.82, 2.24) is 13.9 Å². The molecule has 0 atom stereocenters. The van der Waals surface area contributed by atoms with Gasteiger partial charge < -0.3 is 20.4 Å². The van der Waals surface area contributed by atoms with E-state index in [1.165, 1.54) is 11.9 Å². The first-order valence-electron chi connectivity index (χ1n) is 13.9. The summed E-state index contributed by atoms with van der Waals surface area (Å²) in [5, 5.41) is 2.92. The van der Waals surface area contributed by atoms with E-state index in [0.717, 1.165) is 35.6 Å². The van der Waals surface area contributed by atoms with E-state index in [4.69, 9.17) is 10.5 Å². The van der Waals surface area contributed by atoms with Crippen LogP contribution in [-0.4, -0.2) is 32.3 Å². The molecule has 3 N–H and O–H groups in total. The topological polar surface area (TPSA) is 109 Å². The third-order valence-corrected chi connectivity index (χ3v) is 8.15. The molecule has 0 spiro atoms. The van der Waals surface area contributed by atoms with Crippen LogP contribution in [0.15, 0.2) is 83.2 Å². The van der Waals surface area contributed by atoms with E-state index in [0.29, 0.717) is 42.0 Å². The molecule has 0 unspecified atom stereocenters. The van der Waals surface area contributed by atoms with Gasteiger partial charge in [0.1, 0.15) is 11.4 Å². The molecule has 9 nitrogen and oxygen atoms in total. The lowest BCUT2D eigenvalue weighted by molar-refractivity contribution is 0.0756. The lowest BCUT2D eigenvalue weighted by Gasteiger charge is -2.33. The highest BCUT2D eigenvalue weighted by Gasteiger charge is 2.31. The van der Waals surface area contributed by atoms with Gasteiger partial charge in [-0.05, 0) is 60.6 Å². The molecule has 41 heavy (non-hydrogen) atoms. The molecule has 2 aromatic heterocycles. The first-order chi connectivity index (χ1) is 19.9. The third-order valence-electron chi connectivity index (χ3n) is 8.15. The minimum atomic E-state index is -0.462. The zero-order valence-electron chi connectivity index (χ0n) is 23.3. The highest BCUT2D eigenvalue weighted by molar-refractivity contribution is 6.05. The highest BCUT2D eigenvalue weighted by Crippen LogP contribution is 2.43. The number of carbonyl (C=O) groups is 1. The molecule has 0 radical (unpaired) electrons. The fraction of sp³-hybridized carbons (Fsp3) is 0.281. The normalized spacial score (nSPS) is 18.4. The maximum Gasteiger partial charge on any atom is 0.284 e. The number of fused-ring (bicyclic) bond motifs is 1. The Bertz CT molecular complexity index is 1700. The molecule has 0 saturated heterocycles. The molecule has 6 rings (SSSR count).